The van der Waals surface area contributed by atoms with E-state index in [0.29, 0.717) is 0 Å². The van der Waals surface area contributed by atoms with Crippen LogP contribution in [0.15, 0.2) is 0 Å². The highest BCUT2D eigenvalue weighted by molar-refractivity contribution is 5.81. The quantitative estimate of drug-likeness (QED) is 0.762. The number of hydrogen-bond acceptors (Lipinski definition) is 2. The molecule has 0 aliphatic rings. The third kappa shape index (κ3) is 4.80. The lowest BCUT2D eigenvalue weighted by Gasteiger charge is -2.29. The number of amides is 1. The number of hydrogen-bond donors (Lipinski definition) is 2. The van der Waals surface area contributed by atoms with E-state index in [1.165, 1.54) is 13.8 Å². The molecule has 0 spiro atoms. The molecule has 0 aliphatic heterocycles. The molecule has 0 fully saturated rings. The second-order valence-electron chi connectivity index (χ2n) is 4.09. The fraction of sp³-hybridized carbons (Fsp3) is 0.875. The molecule has 1 amide bonds. The van der Waals surface area contributed by atoms with Gasteiger partial charge in [-0.3, -0.25) is 4.79 Å². The van der Waals surface area contributed by atoms with Crippen molar-refractivity contribution in [1.82, 2.24) is 5.32 Å². The first-order chi connectivity index (χ1) is 7.31. The van der Waals surface area contributed by atoms with E-state index < -0.39 is 29.7 Å². The third-order valence-corrected chi connectivity index (χ3v) is 1.89. The highest BCUT2D eigenvalue weighted by atomic mass is 19.4. The number of halogens is 6. The zero-order chi connectivity index (χ0) is 14.1. The molecule has 0 heterocycles. The highest BCUT2D eigenvalue weighted by Gasteiger charge is 2.61. The van der Waals surface area contributed by atoms with Crippen LogP contribution in [0.5, 0.6) is 0 Å². The molecule has 0 aromatic heterocycles. The molecule has 0 unspecified atom stereocenters. The third-order valence-electron chi connectivity index (χ3n) is 1.89. The number of nitrogens with two attached hydrogens (primary N) is 1. The first-order valence-corrected chi connectivity index (χ1v) is 4.47. The largest absolute Gasteiger partial charge is 0.409 e. The number of nitrogens with one attached hydrogen (secondary N) is 1. The second kappa shape index (κ2) is 4.71. The molecule has 0 rings (SSSR count). The minimum atomic E-state index is -5.69. The second-order valence-corrected chi connectivity index (χ2v) is 4.09. The minimum absolute atomic E-state index is 0.291. The summed E-state index contributed by atoms with van der Waals surface area (Å²) < 4.78 is 72.8. The summed E-state index contributed by atoms with van der Waals surface area (Å²) in [6.45, 7) is 2.14. The van der Waals surface area contributed by atoms with Crippen LogP contribution in [0.25, 0.3) is 0 Å². The van der Waals surface area contributed by atoms with Gasteiger partial charge in [0, 0.05) is 12.1 Å². The molecule has 102 valence electrons. The van der Waals surface area contributed by atoms with Crippen LogP contribution in [0, 0.1) is 5.92 Å². The Morgan fingerprint density at radius 1 is 1.12 bits per heavy atom. The standard InChI is InChI=1S/C8H12F6N2O/c1-6(2,3-15)16-5(17)4(7(9,10)11)8(12,13)14/h4H,3,15H2,1-2H3,(H,16,17). The average molecular weight is 266 g/mol. The summed E-state index contributed by atoms with van der Waals surface area (Å²) in [6.07, 6.45) is -11.4. The van der Waals surface area contributed by atoms with E-state index in [0.717, 1.165) is 0 Å². The molecule has 0 radical (unpaired) electrons. The van der Waals surface area contributed by atoms with Crippen molar-refractivity contribution in [2.24, 2.45) is 11.7 Å². The lowest BCUT2D eigenvalue weighted by molar-refractivity contribution is -0.274. The van der Waals surface area contributed by atoms with Gasteiger partial charge in [-0.1, -0.05) is 0 Å². The zero-order valence-corrected chi connectivity index (χ0v) is 9.04. The topological polar surface area (TPSA) is 55.1 Å². The van der Waals surface area contributed by atoms with Crippen LogP contribution in [-0.2, 0) is 4.79 Å². The fourth-order valence-corrected chi connectivity index (χ4v) is 0.940. The Kier molecular flexibility index (Phi) is 4.44. The van der Waals surface area contributed by atoms with E-state index in [2.05, 4.69) is 0 Å². The predicted molar refractivity (Wildman–Crippen MR) is 46.9 cm³/mol. The van der Waals surface area contributed by atoms with Crippen molar-refractivity contribution in [3.63, 3.8) is 0 Å². The predicted octanol–water partition coefficient (Wildman–Crippen LogP) is 1.58. The summed E-state index contributed by atoms with van der Waals surface area (Å²) in [6, 6.07) is 0. The van der Waals surface area contributed by atoms with Crippen molar-refractivity contribution < 1.29 is 31.1 Å². The van der Waals surface area contributed by atoms with Crippen molar-refractivity contribution in [3.05, 3.63) is 0 Å². The van der Waals surface area contributed by atoms with Gasteiger partial charge in [-0.2, -0.15) is 26.3 Å². The molecule has 3 N–H and O–H groups in total. The number of rotatable bonds is 3. The van der Waals surface area contributed by atoms with Gasteiger partial charge in [0.2, 0.25) is 11.8 Å². The maximum Gasteiger partial charge on any atom is 0.409 e. The van der Waals surface area contributed by atoms with E-state index in [1.54, 1.807) is 5.32 Å². The molecule has 0 aromatic rings. The lowest BCUT2D eigenvalue weighted by atomic mass is 10.0. The Morgan fingerprint density at radius 2 is 1.47 bits per heavy atom. The highest BCUT2D eigenvalue weighted by Crippen LogP contribution is 2.39. The zero-order valence-electron chi connectivity index (χ0n) is 9.04. The molecular weight excluding hydrogens is 254 g/mol. The molecule has 0 atom stereocenters. The summed E-state index contributed by atoms with van der Waals surface area (Å²) in [5, 5.41) is 1.62. The average Bonchev–Trinajstić information content (AvgIpc) is 1.96. The first kappa shape index (κ1) is 16.0. The Hall–Kier alpha value is -0.990. The van der Waals surface area contributed by atoms with Crippen LogP contribution in [0.4, 0.5) is 26.3 Å². The summed E-state index contributed by atoms with van der Waals surface area (Å²) in [7, 11) is 0. The summed E-state index contributed by atoms with van der Waals surface area (Å²) in [5.41, 5.74) is 3.75. The SMILES string of the molecule is CC(C)(CN)NC(=O)C(C(F)(F)F)C(F)(F)F. The molecule has 0 saturated heterocycles. The van der Waals surface area contributed by atoms with Gasteiger partial charge in [0.15, 0.2) is 0 Å². The summed E-state index contributed by atoms with van der Waals surface area (Å²) in [5.74, 6) is -6.19. The van der Waals surface area contributed by atoms with Gasteiger partial charge in [-0.15, -0.1) is 0 Å². The normalized spacial score (nSPS) is 14.0. The number of alkyl halides is 6. The van der Waals surface area contributed by atoms with Crippen molar-refractivity contribution in [1.29, 1.82) is 0 Å². The van der Waals surface area contributed by atoms with Gasteiger partial charge >= 0.3 is 12.4 Å². The Labute approximate surface area is 93.3 Å². The van der Waals surface area contributed by atoms with Crippen LogP contribution < -0.4 is 11.1 Å². The molecule has 0 saturated carbocycles. The van der Waals surface area contributed by atoms with E-state index >= 15 is 0 Å². The van der Waals surface area contributed by atoms with E-state index in [9.17, 15) is 31.1 Å². The van der Waals surface area contributed by atoms with Gasteiger partial charge in [0.05, 0.1) is 0 Å². The molecular formula is C8H12F6N2O. The molecule has 0 bridgehead atoms. The molecule has 17 heavy (non-hydrogen) atoms. The molecule has 9 heteroatoms. The number of carbonyl (C=O) groups is 1. The monoisotopic (exact) mass is 266 g/mol. The maximum absolute atomic E-state index is 12.1. The van der Waals surface area contributed by atoms with Crippen LogP contribution >= 0.6 is 0 Å². The smallest absolute Gasteiger partial charge is 0.349 e. The fourth-order valence-electron chi connectivity index (χ4n) is 0.940. The van der Waals surface area contributed by atoms with Crippen molar-refractivity contribution >= 4 is 5.91 Å². The summed E-state index contributed by atoms with van der Waals surface area (Å²) >= 11 is 0. The van der Waals surface area contributed by atoms with Crippen LogP contribution in [0.1, 0.15) is 13.8 Å². The van der Waals surface area contributed by atoms with Gasteiger partial charge in [0.25, 0.3) is 0 Å². The summed E-state index contributed by atoms with van der Waals surface area (Å²) in [4.78, 5) is 11.0. The first-order valence-electron chi connectivity index (χ1n) is 4.47. The Morgan fingerprint density at radius 3 is 1.71 bits per heavy atom. The van der Waals surface area contributed by atoms with E-state index in [-0.39, 0.29) is 6.54 Å². The maximum atomic E-state index is 12.1. The van der Waals surface area contributed by atoms with Crippen LogP contribution in [0.2, 0.25) is 0 Å². The van der Waals surface area contributed by atoms with Crippen molar-refractivity contribution in [2.45, 2.75) is 31.7 Å². The van der Waals surface area contributed by atoms with Crippen LogP contribution in [-0.4, -0.2) is 30.3 Å². The minimum Gasteiger partial charge on any atom is -0.349 e. The van der Waals surface area contributed by atoms with Gasteiger partial charge < -0.3 is 11.1 Å². The van der Waals surface area contributed by atoms with Crippen molar-refractivity contribution in [2.75, 3.05) is 6.54 Å². The molecule has 0 aliphatic carbocycles. The van der Waals surface area contributed by atoms with Crippen molar-refractivity contribution in [3.8, 4) is 0 Å². The number of carbonyl (C=O) groups excluding carboxylic acids is 1. The van der Waals surface area contributed by atoms with E-state index in [4.69, 9.17) is 5.73 Å². The Balaban J connectivity index is 5.06. The molecule has 0 aromatic carbocycles. The molecule has 3 nitrogen and oxygen atoms in total. The van der Waals surface area contributed by atoms with Gasteiger partial charge in [-0.05, 0) is 13.8 Å². The van der Waals surface area contributed by atoms with E-state index in [1.807, 2.05) is 0 Å². The van der Waals surface area contributed by atoms with Gasteiger partial charge in [0.1, 0.15) is 0 Å². The van der Waals surface area contributed by atoms with Crippen LogP contribution in [0.3, 0.4) is 0 Å². The van der Waals surface area contributed by atoms with Gasteiger partial charge in [-0.25, -0.2) is 0 Å². The lowest BCUT2D eigenvalue weighted by Crippen LogP contribution is -2.56. The Bertz CT molecular complexity index is 269.